The van der Waals surface area contributed by atoms with E-state index in [0.717, 1.165) is 19.4 Å². The van der Waals surface area contributed by atoms with Gasteiger partial charge in [-0.2, -0.15) is 0 Å². The summed E-state index contributed by atoms with van der Waals surface area (Å²) in [7, 11) is 0. The van der Waals surface area contributed by atoms with E-state index < -0.39 is 4.92 Å². The van der Waals surface area contributed by atoms with Crippen LogP contribution in [0.4, 0.5) is 11.4 Å². The van der Waals surface area contributed by atoms with Crippen molar-refractivity contribution in [3.05, 3.63) is 33.9 Å². The van der Waals surface area contributed by atoms with Crippen LogP contribution in [0.25, 0.3) is 0 Å². The molecule has 1 aliphatic rings. The second-order valence-electron chi connectivity index (χ2n) is 3.92. The fourth-order valence-corrected chi connectivity index (χ4v) is 1.67. The maximum absolute atomic E-state index is 10.8. The zero-order chi connectivity index (χ0) is 12.3. The summed E-state index contributed by atoms with van der Waals surface area (Å²) in [5.41, 5.74) is 0.897. The van der Waals surface area contributed by atoms with Gasteiger partial charge in [0.15, 0.2) is 0 Å². The number of hydrogen-bond donors (Lipinski definition) is 2. The van der Waals surface area contributed by atoms with E-state index in [4.69, 9.17) is 10.1 Å². The molecule has 1 aromatic rings. The molecule has 6 heteroatoms. The zero-order valence-corrected chi connectivity index (χ0v) is 9.18. The van der Waals surface area contributed by atoms with Gasteiger partial charge in [-0.1, -0.05) is 6.07 Å². The summed E-state index contributed by atoms with van der Waals surface area (Å²) in [4.78, 5) is 10.3. The Labute approximate surface area is 98.3 Å². The lowest BCUT2D eigenvalue weighted by atomic mass is 10.1. The lowest BCUT2D eigenvalue weighted by Crippen LogP contribution is -2.33. The van der Waals surface area contributed by atoms with Crippen molar-refractivity contribution in [1.29, 1.82) is 5.41 Å². The highest BCUT2D eigenvalue weighted by Gasteiger charge is 2.20. The van der Waals surface area contributed by atoms with Gasteiger partial charge in [0.25, 0.3) is 5.69 Å². The summed E-state index contributed by atoms with van der Waals surface area (Å²) in [5, 5.41) is 21.2. The quantitative estimate of drug-likeness (QED) is 0.461. The van der Waals surface area contributed by atoms with E-state index in [9.17, 15) is 10.1 Å². The van der Waals surface area contributed by atoms with Crippen LogP contribution in [0.15, 0.2) is 18.2 Å². The molecule has 0 unspecified atom stereocenters. The number of benzene rings is 1. The summed E-state index contributed by atoms with van der Waals surface area (Å²) in [6, 6.07) is 4.76. The molecule has 0 bridgehead atoms. The molecular weight excluding hydrogens is 222 g/mol. The SMILES string of the molecule is N=Cc1c(NCC2COC2)cccc1[N+](=O)[O-]. The molecule has 1 saturated heterocycles. The van der Waals surface area contributed by atoms with Crippen LogP contribution < -0.4 is 5.32 Å². The summed E-state index contributed by atoms with van der Waals surface area (Å²) in [6.45, 7) is 2.16. The Hall–Kier alpha value is -1.95. The molecule has 90 valence electrons. The molecule has 1 heterocycles. The van der Waals surface area contributed by atoms with Gasteiger partial charge in [0.1, 0.15) is 0 Å². The molecule has 1 fully saturated rings. The molecule has 0 amide bonds. The van der Waals surface area contributed by atoms with E-state index in [2.05, 4.69) is 5.32 Å². The summed E-state index contributed by atoms with van der Waals surface area (Å²) in [5.74, 6) is 0.452. The van der Waals surface area contributed by atoms with Crippen LogP contribution in [0.5, 0.6) is 0 Å². The van der Waals surface area contributed by atoms with Crippen LogP contribution in [0.3, 0.4) is 0 Å². The first kappa shape index (κ1) is 11.5. The van der Waals surface area contributed by atoms with Gasteiger partial charge in [-0.3, -0.25) is 10.1 Å². The maximum atomic E-state index is 10.8. The largest absolute Gasteiger partial charge is 0.384 e. The molecule has 0 atom stereocenters. The van der Waals surface area contributed by atoms with Gasteiger partial charge in [-0.15, -0.1) is 0 Å². The molecule has 0 saturated carbocycles. The summed E-state index contributed by atoms with van der Waals surface area (Å²) >= 11 is 0. The van der Waals surface area contributed by atoms with Crippen LogP contribution in [-0.2, 0) is 4.74 Å². The van der Waals surface area contributed by atoms with Gasteiger partial charge in [-0.05, 0) is 6.07 Å². The standard InChI is InChI=1S/C11H13N3O3/c12-4-9-10(13-5-8-6-17-7-8)2-1-3-11(9)14(15)16/h1-4,8,12-13H,5-7H2. The number of nitro benzene ring substituents is 1. The van der Waals surface area contributed by atoms with Crippen molar-refractivity contribution in [3.63, 3.8) is 0 Å². The van der Waals surface area contributed by atoms with Crippen molar-refractivity contribution in [2.24, 2.45) is 5.92 Å². The van der Waals surface area contributed by atoms with E-state index in [0.29, 0.717) is 23.7 Å². The Morgan fingerprint density at radius 3 is 2.88 bits per heavy atom. The van der Waals surface area contributed by atoms with Gasteiger partial charge in [0, 0.05) is 30.4 Å². The zero-order valence-electron chi connectivity index (χ0n) is 9.18. The number of hydrogen-bond acceptors (Lipinski definition) is 5. The first-order chi connectivity index (χ1) is 8.22. The number of nitro groups is 1. The van der Waals surface area contributed by atoms with Crippen LogP contribution in [0.1, 0.15) is 5.56 Å². The minimum absolute atomic E-state index is 0.0464. The van der Waals surface area contributed by atoms with E-state index >= 15 is 0 Å². The second kappa shape index (κ2) is 4.92. The Balaban J connectivity index is 2.16. The van der Waals surface area contributed by atoms with Crippen molar-refractivity contribution in [2.45, 2.75) is 0 Å². The summed E-state index contributed by atoms with van der Waals surface area (Å²) < 4.78 is 5.05. The Morgan fingerprint density at radius 1 is 1.59 bits per heavy atom. The third kappa shape index (κ3) is 2.42. The van der Waals surface area contributed by atoms with Crippen molar-refractivity contribution in [2.75, 3.05) is 25.1 Å². The third-order valence-corrected chi connectivity index (χ3v) is 2.71. The molecule has 1 aromatic carbocycles. The van der Waals surface area contributed by atoms with Crippen molar-refractivity contribution in [3.8, 4) is 0 Å². The van der Waals surface area contributed by atoms with Crippen LogP contribution in [0, 0.1) is 21.4 Å². The molecule has 0 spiro atoms. The van der Waals surface area contributed by atoms with Crippen molar-refractivity contribution < 1.29 is 9.66 Å². The number of nitrogens with zero attached hydrogens (tertiary/aromatic N) is 1. The number of ether oxygens (including phenoxy) is 1. The highest BCUT2D eigenvalue weighted by atomic mass is 16.6. The van der Waals surface area contributed by atoms with Gasteiger partial charge >= 0.3 is 0 Å². The minimum atomic E-state index is -0.474. The Kier molecular flexibility index (Phi) is 3.34. The fourth-order valence-electron chi connectivity index (χ4n) is 1.67. The van der Waals surface area contributed by atoms with Crippen LogP contribution in [-0.4, -0.2) is 30.9 Å². The minimum Gasteiger partial charge on any atom is -0.384 e. The first-order valence-corrected chi connectivity index (χ1v) is 5.32. The number of nitrogens with one attached hydrogen (secondary N) is 2. The summed E-state index contributed by atoms with van der Waals surface area (Å²) in [6.07, 6.45) is 1.01. The average molecular weight is 235 g/mol. The molecule has 0 radical (unpaired) electrons. The highest BCUT2D eigenvalue weighted by molar-refractivity contribution is 5.91. The molecular formula is C11H13N3O3. The normalized spacial score (nSPS) is 15.1. The molecule has 6 nitrogen and oxygen atoms in total. The van der Waals surface area contributed by atoms with E-state index in [1.807, 2.05) is 0 Å². The smallest absolute Gasteiger partial charge is 0.280 e. The maximum Gasteiger partial charge on any atom is 0.280 e. The van der Waals surface area contributed by atoms with Gasteiger partial charge in [0.05, 0.1) is 23.7 Å². The van der Waals surface area contributed by atoms with Gasteiger partial charge < -0.3 is 15.5 Å². The Morgan fingerprint density at radius 2 is 2.35 bits per heavy atom. The average Bonchev–Trinajstić information content (AvgIpc) is 2.26. The molecule has 1 aliphatic heterocycles. The van der Waals surface area contributed by atoms with Crippen molar-refractivity contribution in [1.82, 2.24) is 0 Å². The fraction of sp³-hybridized carbons (Fsp3) is 0.364. The molecule has 2 rings (SSSR count). The molecule has 2 N–H and O–H groups in total. The molecule has 17 heavy (non-hydrogen) atoms. The second-order valence-corrected chi connectivity index (χ2v) is 3.92. The predicted octanol–water partition coefficient (Wildman–Crippen LogP) is 1.65. The van der Waals surface area contributed by atoms with Gasteiger partial charge in [0.2, 0.25) is 0 Å². The predicted molar refractivity (Wildman–Crippen MR) is 63.8 cm³/mol. The molecule has 0 aliphatic carbocycles. The van der Waals surface area contributed by atoms with Gasteiger partial charge in [-0.25, -0.2) is 0 Å². The van der Waals surface area contributed by atoms with E-state index in [-0.39, 0.29) is 5.69 Å². The van der Waals surface area contributed by atoms with Crippen LogP contribution >= 0.6 is 0 Å². The first-order valence-electron chi connectivity index (χ1n) is 5.32. The topological polar surface area (TPSA) is 88.2 Å². The van der Waals surface area contributed by atoms with E-state index in [1.165, 1.54) is 6.07 Å². The lowest BCUT2D eigenvalue weighted by Gasteiger charge is -2.26. The molecule has 0 aromatic heterocycles. The monoisotopic (exact) mass is 235 g/mol. The van der Waals surface area contributed by atoms with Crippen molar-refractivity contribution >= 4 is 17.6 Å². The highest BCUT2D eigenvalue weighted by Crippen LogP contribution is 2.25. The number of anilines is 1. The third-order valence-electron chi connectivity index (χ3n) is 2.71. The van der Waals surface area contributed by atoms with E-state index in [1.54, 1.807) is 12.1 Å². The Bertz CT molecular complexity index is 444. The number of rotatable bonds is 5. The van der Waals surface area contributed by atoms with Crippen LogP contribution in [0.2, 0.25) is 0 Å². The lowest BCUT2D eigenvalue weighted by molar-refractivity contribution is -0.384.